The van der Waals surface area contributed by atoms with Gasteiger partial charge in [0.05, 0.1) is 0 Å². The van der Waals surface area contributed by atoms with Crippen LogP contribution in [-0.2, 0) is 0 Å². The SMILES string of the molecule is CN[C@H]1CNC[C@H]1CO. The molecule has 0 aromatic carbocycles. The van der Waals surface area contributed by atoms with Gasteiger partial charge in [-0.15, -0.1) is 0 Å². The van der Waals surface area contributed by atoms with Crippen molar-refractivity contribution < 1.29 is 5.11 Å². The monoisotopic (exact) mass is 130 g/mol. The Kier molecular flexibility index (Phi) is 2.45. The van der Waals surface area contributed by atoms with E-state index in [4.69, 9.17) is 5.11 Å². The largest absolute Gasteiger partial charge is 0.396 e. The van der Waals surface area contributed by atoms with Crippen LogP contribution in [0.3, 0.4) is 0 Å². The molecule has 3 N–H and O–H groups in total. The van der Waals surface area contributed by atoms with Crippen LogP contribution in [0.15, 0.2) is 0 Å². The molecular formula is C6H14N2O. The summed E-state index contributed by atoms with van der Waals surface area (Å²) in [5.74, 6) is 0.412. The van der Waals surface area contributed by atoms with Gasteiger partial charge in [-0.3, -0.25) is 0 Å². The normalized spacial score (nSPS) is 35.3. The van der Waals surface area contributed by atoms with Crippen LogP contribution in [0.5, 0.6) is 0 Å². The predicted molar refractivity (Wildman–Crippen MR) is 36.3 cm³/mol. The molecule has 1 saturated heterocycles. The van der Waals surface area contributed by atoms with Crippen LogP contribution in [0.25, 0.3) is 0 Å². The fourth-order valence-electron chi connectivity index (χ4n) is 1.26. The average molecular weight is 130 g/mol. The standard InChI is InChI=1S/C6H14N2O/c1-7-6-3-8-2-5(6)4-9/h5-9H,2-4H2,1H3/t5-,6-/m0/s1. The van der Waals surface area contributed by atoms with Crippen molar-refractivity contribution in [2.45, 2.75) is 6.04 Å². The highest BCUT2D eigenvalue weighted by Crippen LogP contribution is 2.06. The fourth-order valence-corrected chi connectivity index (χ4v) is 1.26. The molecule has 9 heavy (non-hydrogen) atoms. The molecule has 1 fully saturated rings. The maximum absolute atomic E-state index is 8.79. The van der Waals surface area contributed by atoms with Crippen molar-refractivity contribution in [1.29, 1.82) is 0 Å². The van der Waals surface area contributed by atoms with Crippen LogP contribution >= 0.6 is 0 Å². The van der Waals surface area contributed by atoms with Crippen LogP contribution in [-0.4, -0.2) is 37.9 Å². The summed E-state index contributed by atoms with van der Waals surface area (Å²) in [6.07, 6.45) is 0. The molecule has 0 amide bonds. The number of hydrogen-bond donors (Lipinski definition) is 3. The average Bonchev–Trinajstić information content (AvgIpc) is 2.33. The molecule has 1 rings (SSSR count). The third kappa shape index (κ3) is 1.41. The molecule has 1 aliphatic rings. The van der Waals surface area contributed by atoms with Gasteiger partial charge in [0, 0.05) is 31.7 Å². The minimum Gasteiger partial charge on any atom is -0.396 e. The molecule has 0 aromatic heterocycles. The van der Waals surface area contributed by atoms with Gasteiger partial charge in [-0.1, -0.05) is 0 Å². The highest BCUT2D eigenvalue weighted by Gasteiger charge is 2.23. The van der Waals surface area contributed by atoms with Gasteiger partial charge < -0.3 is 15.7 Å². The second-order valence-corrected chi connectivity index (χ2v) is 2.50. The Morgan fingerprint density at radius 2 is 2.44 bits per heavy atom. The Morgan fingerprint density at radius 3 is 2.89 bits per heavy atom. The zero-order valence-electron chi connectivity index (χ0n) is 5.72. The molecule has 0 bridgehead atoms. The van der Waals surface area contributed by atoms with E-state index in [2.05, 4.69) is 10.6 Å². The Bertz CT molecular complexity index is 77.1. The Labute approximate surface area is 55.5 Å². The van der Waals surface area contributed by atoms with Crippen LogP contribution in [0.1, 0.15) is 0 Å². The molecule has 54 valence electrons. The smallest absolute Gasteiger partial charge is 0.0486 e. The van der Waals surface area contributed by atoms with E-state index in [-0.39, 0.29) is 0 Å². The summed E-state index contributed by atoms with van der Waals surface area (Å²) >= 11 is 0. The van der Waals surface area contributed by atoms with Crippen LogP contribution < -0.4 is 10.6 Å². The Balaban J connectivity index is 2.32. The van der Waals surface area contributed by atoms with E-state index in [1.165, 1.54) is 0 Å². The number of hydrogen-bond acceptors (Lipinski definition) is 3. The van der Waals surface area contributed by atoms with Gasteiger partial charge in [0.25, 0.3) is 0 Å². The van der Waals surface area contributed by atoms with Gasteiger partial charge in [0.2, 0.25) is 0 Å². The van der Waals surface area contributed by atoms with Gasteiger partial charge in [-0.2, -0.15) is 0 Å². The fraction of sp³-hybridized carbons (Fsp3) is 1.00. The molecular weight excluding hydrogens is 116 g/mol. The van der Waals surface area contributed by atoms with Gasteiger partial charge in [-0.05, 0) is 7.05 Å². The first-order valence-electron chi connectivity index (χ1n) is 3.37. The molecule has 0 aliphatic carbocycles. The number of nitrogens with one attached hydrogen (secondary N) is 2. The van der Waals surface area contributed by atoms with E-state index in [1.807, 2.05) is 7.05 Å². The van der Waals surface area contributed by atoms with E-state index >= 15 is 0 Å². The van der Waals surface area contributed by atoms with Crippen LogP contribution in [0, 0.1) is 5.92 Å². The first kappa shape index (κ1) is 6.99. The van der Waals surface area contributed by atoms with Crippen molar-refractivity contribution >= 4 is 0 Å². The summed E-state index contributed by atoms with van der Waals surface area (Å²) in [6, 6.07) is 0.468. The topological polar surface area (TPSA) is 44.3 Å². The molecule has 0 unspecified atom stereocenters. The molecule has 3 nitrogen and oxygen atoms in total. The van der Waals surface area contributed by atoms with Crippen LogP contribution in [0.4, 0.5) is 0 Å². The Hall–Kier alpha value is -0.120. The number of aliphatic hydroxyl groups excluding tert-OH is 1. The molecule has 1 heterocycles. The molecule has 1 aliphatic heterocycles. The van der Waals surface area contributed by atoms with Gasteiger partial charge in [-0.25, -0.2) is 0 Å². The number of rotatable bonds is 2. The molecule has 0 saturated carbocycles. The highest BCUT2D eigenvalue weighted by atomic mass is 16.3. The molecule has 2 atom stereocenters. The van der Waals surface area contributed by atoms with E-state index in [0.717, 1.165) is 13.1 Å². The predicted octanol–water partition coefficient (Wildman–Crippen LogP) is -1.21. The van der Waals surface area contributed by atoms with Crippen LogP contribution in [0.2, 0.25) is 0 Å². The third-order valence-corrected chi connectivity index (χ3v) is 1.95. The number of likely N-dealkylation sites (N-methyl/N-ethyl adjacent to an activating group) is 1. The van der Waals surface area contributed by atoms with E-state index in [1.54, 1.807) is 0 Å². The summed E-state index contributed by atoms with van der Waals surface area (Å²) in [5, 5.41) is 15.1. The zero-order valence-corrected chi connectivity index (χ0v) is 5.72. The summed E-state index contributed by atoms with van der Waals surface area (Å²) < 4.78 is 0. The first-order valence-corrected chi connectivity index (χ1v) is 3.37. The Morgan fingerprint density at radius 1 is 1.67 bits per heavy atom. The van der Waals surface area contributed by atoms with E-state index < -0.39 is 0 Å². The van der Waals surface area contributed by atoms with Crippen molar-refractivity contribution in [2.24, 2.45) is 5.92 Å². The molecule has 0 aromatic rings. The second-order valence-electron chi connectivity index (χ2n) is 2.50. The van der Waals surface area contributed by atoms with Gasteiger partial charge in [0.1, 0.15) is 0 Å². The van der Waals surface area contributed by atoms with E-state index in [0.29, 0.717) is 18.6 Å². The summed E-state index contributed by atoms with van der Waals surface area (Å²) in [5.41, 5.74) is 0. The van der Waals surface area contributed by atoms with Crippen molar-refractivity contribution in [2.75, 3.05) is 26.7 Å². The van der Waals surface area contributed by atoms with Crippen molar-refractivity contribution in [3.05, 3.63) is 0 Å². The van der Waals surface area contributed by atoms with Crippen molar-refractivity contribution in [3.63, 3.8) is 0 Å². The minimum absolute atomic E-state index is 0.290. The van der Waals surface area contributed by atoms with Crippen molar-refractivity contribution in [1.82, 2.24) is 10.6 Å². The zero-order chi connectivity index (χ0) is 6.69. The summed E-state index contributed by atoms with van der Waals surface area (Å²) in [7, 11) is 1.93. The third-order valence-electron chi connectivity index (χ3n) is 1.95. The molecule has 0 spiro atoms. The van der Waals surface area contributed by atoms with Gasteiger partial charge in [0.15, 0.2) is 0 Å². The molecule has 3 heteroatoms. The maximum atomic E-state index is 8.79. The first-order chi connectivity index (χ1) is 4.38. The second kappa shape index (κ2) is 3.15. The lowest BCUT2D eigenvalue weighted by molar-refractivity contribution is 0.218. The van der Waals surface area contributed by atoms with E-state index in [9.17, 15) is 0 Å². The maximum Gasteiger partial charge on any atom is 0.0486 e. The highest BCUT2D eigenvalue weighted by molar-refractivity contribution is 4.84. The lowest BCUT2D eigenvalue weighted by Crippen LogP contribution is -2.34. The van der Waals surface area contributed by atoms with Gasteiger partial charge >= 0.3 is 0 Å². The summed E-state index contributed by atoms with van der Waals surface area (Å²) in [4.78, 5) is 0. The number of aliphatic hydroxyl groups is 1. The quantitative estimate of drug-likeness (QED) is 0.439. The lowest BCUT2D eigenvalue weighted by Gasteiger charge is -2.13. The minimum atomic E-state index is 0.290. The lowest BCUT2D eigenvalue weighted by atomic mass is 10.1. The summed E-state index contributed by atoms with van der Waals surface area (Å²) in [6.45, 7) is 2.22. The molecule has 0 radical (unpaired) electrons. The van der Waals surface area contributed by atoms with Crippen molar-refractivity contribution in [3.8, 4) is 0 Å².